The quantitative estimate of drug-likeness (QED) is 0.831. The summed E-state index contributed by atoms with van der Waals surface area (Å²) >= 11 is 0. The van der Waals surface area contributed by atoms with Crippen molar-refractivity contribution in [2.45, 2.75) is 39.0 Å². The summed E-state index contributed by atoms with van der Waals surface area (Å²) in [4.78, 5) is 19.9. The zero-order valence-corrected chi connectivity index (χ0v) is 11.8. The third-order valence-electron chi connectivity index (χ3n) is 3.77. The van der Waals surface area contributed by atoms with Crippen LogP contribution in [0.2, 0.25) is 0 Å². The molecule has 0 aromatic carbocycles. The minimum absolute atomic E-state index is 0.359. The molecular weight excluding hydrogens is 258 g/mol. The predicted octanol–water partition coefficient (Wildman–Crippen LogP) is 2.32. The average molecular weight is 279 g/mol. The van der Waals surface area contributed by atoms with Gasteiger partial charge in [-0.3, -0.25) is 4.79 Å². The fourth-order valence-corrected chi connectivity index (χ4v) is 2.60. The van der Waals surface area contributed by atoms with Crippen LogP contribution in [0, 0.1) is 5.41 Å². The van der Waals surface area contributed by atoms with E-state index >= 15 is 0 Å². The Bertz CT molecular complexity index is 459. The van der Waals surface area contributed by atoms with Gasteiger partial charge < -0.3 is 15.2 Å². The first-order chi connectivity index (χ1) is 9.66. The minimum Gasteiger partial charge on any atom is -0.481 e. The fraction of sp³-hybridized carbons (Fsp3) is 0.643. The van der Waals surface area contributed by atoms with Gasteiger partial charge in [-0.05, 0) is 19.8 Å². The first-order valence-corrected chi connectivity index (χ1v) is 7.09. The number of hydrogen-bond donors (Lipinski definition) is 2. The lowest BCUT2D eigenvalue weighted by Gasteiger charge is -2.33. The van der Waals surface area contributed by atoms with Gasteiger partial charge in [0, 0.05) is 18.8 Å². The number of carboxylic acids is 1. The molecule has 1 aromatic rings. The van der Waals surface area contributed by atoms with Crippen LogP contribution in [0.5, 0.6) is 5.88 Å². The first kappa shape index (κ1) is 14.6. The molecule has 20 heavy (non-hydrogen) atoms. The molecule has 1 saturated carbocycles. The Morgan fingerprint density at radius 2 is 2.20 bits per heavy atom. The molecule has 0 unspecified atom stereocenters. The van der Waals surface area contributed by atoms with Crippen LogP contribution in [-0.4, -0.2) is 34.2 Å². The second-order valence-corrected chi connectivity index (χ2v) is 5.15. The number of hydrogen-bond acceptors (Lipinski definition) is 5. The van der Waals surface area contributed by atoms with E-state index in [2.05, 4.69) is 15.3 Å². The Kier molecular flexibility index (Phi) is 4.76. The van der Waals surface area contributed by atoms with Crippen LogP contribution >= 0.6 is 0 Å². The Morgan fingerprint density at radius 1 is 1.45 bits per heavy atom. The smallest absolute Gasteiger partial charge is 0.311 e. The summed E-state index contributed by atoms with van der Waals surface area (Å²) in [5.41, 5.74) is -0.691. The van der Waals surface area contributed by atoms with Crippen LogP contribution in [-0.2, 0) is 4.79 Å². The summed E-state index contributed by atoms with van der Waals surface area (Å²) in [5, 5.41) is 12.6. The summed E-state index contributed by atoms with van der Waals surface area (Å²) < 4.78 is 5.30. The number of aliphatic carboxylic acids is 1. The van der Waals surface area contributed by atoms with E-state index in [1.807, 2.05) is 6.92 Å². The van der Waals surface area contributed by atoms with Crippen LogP contribution in [0.15, 0.2) is 12.3 Å². The molecule has 1 aromatic heterocycles. The molecule has 6 nitrogen and oxygen atoms in total. The molecule has 110 valence electrons. The molecule has 2 N–H and O–H groups in total. The molecule has 1 fully saturated rings. The number of carboxylic acid groups (broad SMARTS) is 1. The van der Waals surface area contributed by atoms with Gasteiger partial charge >= 0.3 is 5.97 Å². The molecule has 0 spiro atoms. The van der Waals surface area contributed by atoms with E-state index in [4.69, 9.17) is 4.74 Å². The number of nitrogens with one attached hydrogen (secondary N) is 1. The maximum atomic E-state index is 11.6. The number of carbonyl (C=O) groups is 1. The van der Waals surface area contributed by atoms with E-state index in [1.54, 1.807) is 12.3 Å². The normalized spacial score (nSPS) is 17.4. The third kappa shape index (κ3) is 3.37. The molecule has 0 saturated heterocycles. The van der Waals surface area contributed by atoms with Crippen molar-refractivity contribution in [3.05, 3.63) is 12.3 Å². The molecule has 1 aliphatic rings. The Labute approximate surface area is 118 Å². The fourth-order valence-electron chi connectivity index (χ4n) is 2.60. The van der Waals surface area contributed by atoms with Crippen LogP contribution in [0.1, 0.15) is 39.0 Å². The van der Waals surface area contributed by atoms with Gasteiger partial charge in [-0.25, -0.2) is 4.98 Å². The maximum absolute atomic E-state index is 11.6. The van der Waals surface area contributed by atoms with Crippen LogP contribution in [0.4, 0.5) is 5.95 Å². The first-order valence-electron chi connectivity index (χ1n) is 7.09. The number of nitrogens with zero attached hydrogens (tertiary/aromatic N) is 2. The number of ether oxygens (including phenoxy) is 1. The molecule has 2 rings (SSSR count). The van der Waals surface area contributed by atoms with Gasteiger partial charge in [-0.15, -0.1) is 0 Å². The Morgan fingerprint density at radius 3 is 2.85 bits per heavy atom. The van der Waals surface area contributed by atoms with Gasteiger partial charge in [0.2, 0.25) is 11.8 Å². The van der Waals surface area contributed by atoms with E-state index < -0.39 is 11.4 Å². The molecule has 6 heteroatoms. The SMILES string of the molecule is CCOc1ccnc(NCC2(C(=O)O)CCCCC2)n1. The van der Waals surface area contributed by atoms with Crippen molar-refractivity contribution in [1.82, 2.24) is 9.97 Å². The van der Waals surface area contributed by atoms with E-state index in [0.29, 0.717) is 37.8 Å². The molecule has 0 amide bonds. The van der Waals surface area contributed by atoms with Crippen molar-refractivity contribution in [3.8, 4) is 5.88 Å². The highest BCUT2D eigenvalue weighted by molar-refractivity contribution is 5.75. The monoisotopic (exact) mass is 279 g/mol. The zero-order chi connectivity index (χ0) is 14.4. The molecule has 1 heterocycles. The predicted molar refractivity (Wildman–Crippen MR) is 74.8 cm³/mol. The van der Waals surface area contributed by atoms with E-state index in [1.165, 1.54) is 0 Å². The number of rotatable bonds is 6. The molecule has 0 radical (unpaired) electrons. The highest BCUT2D eigenvalue weighted by Crippen LogP contribution is 2.36. The van der Waals surface area contributed by atoms with Gasteiger partial charge in [0.15, 0.2) is 0 Å². The second-order valence-electron chi connectivity index (χ2n) is 5.15. The van der Waals surface area contributed by atoms with Crippen molar-refractivity contribution in [1.29, 1.82) is 0 Å². The third-order valence-corrected chi connectivity index (χ3v) is 3.77. The zero-order valence-electron chi connectivity index (χ0n) is 11.8. The lowest BCUT2D eigenvalue weighted by molar-refractivity contribution is -0.150. The van der Waals surface area contributed by atoms with Crippen molar-refractivity contribution in [3.63, 3.8) is 0 Å². The van der Waals surface area contributed by atoms with Gasteiger partial charge in [-0.1, -0.05) is 19.3 Å². The van der Waals surface area contributed by atoms with Gasteiger partial charge in [0.1, 0.15) is 0 Å². The lowest BCUT2D eigenvalue weighted by atomic mass is 9.74. The minimum atomic E-state index is -0.731. The summed E-state index contributed by atoms with van der Waals surface area (Å²) in [6.45, 7) is 2.78. The van der Waals surface area contributed by atoms with Crippen LogP contribution in [0.25, 0.3) is 0 Å². The van der Waals surface area contributed by atoms with E-state index in [-0.39, 0.29) is 0 Å². The van der Waals surface area contributed by atoms with Crippen molar-refractivity contribution in [2.75, 3.05) is 18.5 Å². The standard InChI is InChI=1S/C14H21N3O3/c1-2-20-11-6-9-15-13(17-11)16-10-14(12(18)19)7-4-3-5-8-14/h6,9H,2-5,7-8,10H2,1H3,(H,18,19)(H,15,16,17). The summed E-state index contributed by atoms with van der Waals surface area (Å²) in [7, 11) is 0. The highest BCUT2D eigenvalue weighted by Gasteiger charge is 2.39. The average Bonchev–Trinajstić information content (AvgIpc) is 2.47. The largest absolute Gasteiger partial charge is 0.481 e. The van der Waals surface area contributed by atoms with Gasteiger partial charge in [0.25, 0.3) is 0 Å². The summed E-state index contributed by atoms with van der Waals surface area (Å²) in [5.74, 6) is 0.186. The van der Waals surface area contributed by atoms with E-state index in [9.17, 15) is 9.90 Å². The molecule has 0 atom stereocenters. The van der Waals surface area contributed by atoms with Crippen LogP contribution in [0.3, 0.4) is 0 Å². The second kappa shape index (κ2) is 6.54. The molecule has 0 aliphatic heterocycles. The Hall–Kier alpha value is -1.85. The topological polar surface area (TPSA) is 84.3 Å². The number of aromatic nitrogens is 2. The van der Waals surface area contributed by atoms with Gasteiger partial charge in [0.05, 0.1) is 12.0 Å². The lowest BCUT2D eigenvalue weighted by Crippen LogP contribution is -2.39. The molecule has 1 aliphatic carbocycles. The molecule has 0 bridgehead atoms. The Balaban J connectivity index is 2.02. The maximum Gasteiger partial charge on any atom is 0.311 e. The summed E-state index contributed by atoms with van der Waals surface area (Å²) in [6, 6.07) is 1.68. The number of anilines is 1. The van der Waals surface area contributed by atoms with Crippen molar-refractivity contribution >= 4 is 11.9 Å². The highest BCUT2D eigenvalue weighted by atomic mass is 16.5. The molecular formula is C14H21N3O3. The van der Waals surface area contributed by atoms with Crippen molar-refractivity contribution < 1.29 is 14.6 Å². The summed E-state index contributed by atoms with van der Waals surface area (Å²) in [6.07, 6.45) is 6.07. The van der Waals surface area contributed by atoms with Crippen LogP contribution < -0.4 is 10.1 Å². The van der Waals surface area contributed by atoms with E-state index in [0.717, 1.165) is 19.3 Å². The van der Waals surface area contributed by atoms with Gasteiger partial charge in [-0.2, -0.15) is 4.98 Å². The van der Waals surface area contributed by atoms with Crippen molar-refractivity contribution in [2.24, 2.45) is 5.41 Å².